The van der Waals surface area contributed by atoms with Gasteiger partial charge in [0, 0.05) is 50.3 Å². The molecule has 286 valence electrons. The van der Waals surface area contributed by atoms with Crippen molar-refractivity contribution in [3.8, 4) is 78.8 Å². The van der Waals surface area contributed by atoms with Gasteiger partial charge in [0.2, 0.25) is 0 Å². The lowest BCUT2D eigenvalue weighted by molar-refractivity contribution is 1.07. The number of nitrogens with zero attached hydrogens (tertiary/aromatic N) is 6. The van der Waals surface area contributed by atoms with Crippen molar-refractivity contribution in [3.63, 3.8) is 0 Å². The van der Waals surface area contributed by atoms with Gasteiger partial charge in [0.15, 0.2) is 17.5 Å². The zero-order valence-corrected chi connectivity index (χ0v) is 33.2. The summed E-state index contributed by atoms with van der Waals surface area (Å²) in [6, 6.07) is 67.0. The van der Waals surface area contributed by atoms with E-state index in [4.69, 9.17) is 24.9 Å². The van der Waals surface area contributed by atoms with Crippen LogP contribution in [0.25, 0.3) is 112 Å². The second kappa shape index (κ2) is 15.2. The molecule has 0 N–H and O–H groups in total. The minimum absolute atomic E-state index is 0.604. The number of hydrogen-bond acceptors (Lipinski definition) is 6. The molecule has 0 aliphatic heterocycles. The molecule has 0 radical (unpaired) electrons. The monoisotopic (exact) mass is 780 g/mol. The standard InChI is InChI=1S/C55H36N6/c1-35-22-23-39-28-29-47-48(37-12-4-2-5-13-37)34-50(58-52(47)51(39)57-35)38-26-24-36(25-27-38)41-16-10-18-43(32-41)54-59-53(40-14-6-3-7-15-40)60-55(61-54)44-19-11-17-42(33-44)45-30-31-56-49-21-9-8-20-46(45)49/h2-34H,1H3. The fourth-order valence-electron chi connectivity index (χ4n) is 8.17. The maximum Gasteiger partial charge on any atom is 0.164 e. The number of fused-ring (bicyclic) bond motifs is 4. The Kier molecular flexibility index (Phi) is 8.94. The summed E-state index contributed by atoms with van der Waals surface area (Å²) >= 11 is 0. The van der Waals surface area contributed by atoms with Crippen LogP contribution in [0.5, 0.6) is 0 Å². The minimum atomic E-state index is 0.604. The molecule has 4 aromatic heterocycles. The molecule has 0 spiro atoms. The maximum absolute atomic E-state index is 5.27. The van der Waals surface area contributed by atoms with E-state index in [1.807, 2.05) is 67.7 Å². The summed E-state index contributed by atoms with van der Waals surface area (Å²) in [5.41, 5.74) is 15.0. The van der Waals surface area contributed by atoms with E-state index < -0.39 is 0 Å². The van der Waals surface area contributed by atoms with Gasteiger partial charge in [-0.05, 0) is 76.7 Å². The van der Waals surface area contributed by atoms with Gasteiger partial charge >= 0.3 is 0 Å². The van der Waals surface area contributed by atoms with Crippen molar-refractivity contribution in [2.75, 3.05) is 0 Å². The predicted molar refractivity (Wildman–Crippen MR) is 249 cm³/mol. The average molecular weight is 781 g/mol. The van der Waals surface area contributed by atoms with Crippen molar-refractivity contribution in [2.45, 2.75) is 6.92 Å². The van der Waals surface area contributed by atoms with E-state index in [2.05, 4.69) is 145 Å². The predicted octanol–water partition coefficient (Wildman–Crippen LogP) is 13.5. The van der Waals surface area contributed by atoms with Gasteiger partial charge in [-0.15, -0.1) is 0 Å². The van der Waals surface area contributed by atoms with Crippen LogP contribution in [-0.4, -0.2) is 29.9 Å². The van der Waals surface area contributed by atoms with Gasteiger partial charge in [-0.3, -0.25) is 9.97 Å². The first-order valence-corrected chi connectivity index (χ1v) is 20.4. The van der Waals surface area contributed by atoms with Crippen LogP contribution in [0.1, 0.15) is 5.69 Å². The van der Waals surface area contributed by atoms with Crippen LogP contribution in [0.15, 0.2) is 200 Å². The highest BCUT2D eigenvalue weighted by Gasteiger charge is 2.16. The molecule has 0 saturated heterocycles. The molecular weight excluding hydrogens is 745 g/mol. The summed E-state index contributed by atoms with van der Waals surface area (Å²) in [6.07, 6.45) is 1.86. The van der Waals surface area contributed by atoms with Gasteiger partial charge in [-0.2, -0.15) is 0 Å². The number of aromatic nitrogens is 6. The summed E-state index contributed by atoms with van der Waals surface area (Å²) < 4.78 is 0. The molecule has 0 bridgehead atoms. The van der Waals surface area contributed by atoms with E-state index in [0.29, 0.717) is 17.5 Å². The first-order chi connectivity index (χ1) is 30.1. The molecule has 11 aromatic rings. The zero-order valence-electron chi connectivity index (χ0n) is 33.2. The number of benzene rings is 7. The van der Waals surface area contributed by atoms with Crippen molar-refractivity contribution in [3.05, 3.63) is 206 Å². The highest BCUT2D eigenvalue weighted by Crippen LogP contribution is 2.37. The molecule has 0 aliphatic rings. The van der Waals surface area contributed by atoms with Gasteiger partial charge in [-0.25, -0.2) is 19.9 Å². The summed E-state index contributed by atoms with van der Waals surface area (Å²) in [4.78, 5) is 30.0. The number of aryl methyl sites for hydroxylation is 1. The van der Waals surface area contributed by atoms with Crippen LogP contribution in [0.3, 0.4) is 0 Å². The van der Waals surface area contributed by atoms with Crippen LogP contribution in [0, 0.1) is 6.92 Å². The number of para-hydroxylation sites is 1. The normalized spacial score (nSPS) is 11.4. The lowest BCUT2D eigenvalue weighted by Crippen LogP contribution is -2.00. The highest BCUT2D eigenvalue weighted by molar-refractivity contribution is 6.09. The Labute approximate surface area is 353 Å². The summed E-state index contributed by atoms with van der Waals surface area (Å²) in [5, 5.41) is 3.26. The quantitative estimate of drug-likeness (QED) is 0.150. The number of pyridine rings is 3. The molecule has 11 rings (SSSR count). The van der Waals surface area contributed by atoms with E-state index in [1.54, 1.807) is 0 Å². The molecule has 0 amide bonds. The third-order valence-electron chi connectivity index (χ3n) is 11.2. The Morgan fingerprint density at radius 2 is 0.918 bits per heavy atom. The van der Waals surface area contributed by atoms with Gasteiger partial charge in [0.05, 0.1) is 22.2 Å². The topological polar surface area (TPSA) is 77.3 Å². The smallest absolute Gasteiger partial charge is 0.164 e. The fourth-order valence-corrected chi connectivity index (χ4v) is 8.17. The number of rotatable bonds is 7. The van der Waals surface area contributed by atoms with Gasteiger partial charge in [-0.1, -0.05) is 158 Å². The van der Waals surface area contributed by atoms with Crippen molar-refractivity contribution >= 4 is 32.7 Å². The molecule has 0 aliphatic carbocycles. The fraction of sp³-hybridized carbons (Fsp3) is 0.0182. The number of hydrogen-bond donors (Lipinski definition) is 0. The third-order valence-corrected chi connectivity index (χ3v) is 11.2. The van der Waals surface area contributed by atoms with E-state index in [0.717, 1.165) is 99.7 Å². The van der Waals surface area contributed by atoms with E-state index >= 15 is 0 Å². The molecule has 6 heteroatoms. The second-order valence-corrected chi connectivity index (χ2v) is 15.2. The van der Waals surface area contributed by atoms with Gasteiger partial charge in [0.1, 0.15) is 0 Å². The Bertz CT molecular complexity index is 3420. The molecular formula is C55H36N6. The summed E-state index contributed by atoms with van der Waals surface area (Å²) in [5.74, 6) is 1.83. The molecule has 0 fully saturated rings. The van der Waals surface area contributed by atoms with Crippen LogP contribution < -0.4 is 0 Å². The molecule has 6 nitrogen and oxygen atoms in total. The zero-order chi connectivity index (χ0) is 40.7. The van der Waals surface area contributed by atoms with Crippen molar-refractivity contribution in [2.24, 2.45) is 0 Å². The van der Waals surface area contributed by atoms with E-state index in [-0.39, 0.29) is 0 Å². The molecule has 0 unspecified atom stereocenters. The Morgan fingerprint density at radius 3 is 1.67 bits per heavy atom. The maximum atomic E-state index is 5.27. The van der Waals surface area contributed by atoms with Crippen molar-refractivity contribution < 1.29 is 0 Å². The molecule has 61 heavy (non-hydrogen) atoms. The minimum Gasteiger partial charge on any atom is -0.256 e. The molecule has 0 atom stereocenters. The second-order valence-electron chi connectivity index (χ2n) is 15.2. The third kappa shape index (κ3) is 6.86. The van der Waals surface area contributed by atoms with E-state index in [9.17, 15) is 0 Å². The average Bonchev–Trinajstić information content (AvgIpc) is 3.34. The van der Waals surface area contributed by atoms with Crippen LogP contribution in [0.4, 0.5) is 0 Å². The van der Waals surface area contributed by atoms with Crippen LogP contribution in [0.2, 0.25) is 0 Å². The molecule has 4 heterocycles. The Balaban J connectivity index is 0.979. The largest absolute Gasteiger partial charge is 0.256 e. The van der Waals surface area contributed by atoms with Crippen LogP contribution in [-0.2, 0) is 0 Å². The highest BCUT2D eigenvalue weighted by atomic mass is 15.0. The Hall–Kier alpha value is -8.22. The van der Waals surface area contributed by atoms with Crippen molar-refractivity contribution in [1.29, 1.82) is 0 Å². The van der Waals surface area contributed by atoms with Gasteiger partial charge < -0.3 is 0 Å². The Morgan fingerprint density at radius 1 is 0.328 bits per heavy atom. The first kappa shape index (κ1) is 35.9. The summed E-state index contributed by atoms with van der Waals surface area (Å²) in [6.45, 7) is 2.03. The van der Waals surface area contributed by atoms with E-state index in [1.165, 1.54) is 0 Å². The van der Waals surface area contributed by atoms with Crippen molar-refractivity contribution in [1.82, 2.24) is 29.9 Å². The van der Waals surface area contributed by atoms with Crippen LogP contribution >= 0.6 is 0 Å². The first-order valence-electron chi connectivity index (χ1n) is 20.4. The molecule has 7 aromatic carbocycles. The SMILES string of the molecule is Cc1ccc2ccc3c(-c4ccccc4)cc(-c4ccc(-c5cccc(-c6nc(-c7ccccc7)nc(-c7cccc(-c8ccnc9ccccc89)c7)n6)c5)cc4)nc3c2n1. The lowest BCUT2D eigenvalue weighted by atomic mass is 9.96. The molecule has 0 saturated carbocycles. The lowest BCUT2D eigenvalue weighted by Gasteiger charge is -2.13. The summed E-state index contributed by atoms with van der Waals surface area (Å²) in [7, 11) is 0. The van der Waals surface area contributed by atoms with Gasteiger partial charge in [0.25, 0.3) is 0 Å².